The van der Waals surface area contributed by atoms with E-state index in [1.54, 1.807) is 0 Å². The minimum Gasteiger partial charge on any atom is -0.325 e. The monoisotopic (exact) mass is 489 g/mol. The molecule has 1 fully saturated rings. The van der Waals surface area contributed by atoms with Crippen molar-refractivity contribution in [3.05, 3.63) is 88.7 Å². The average molecular weight is 490 g/mol. The highest BCUT2D eigenvalue weighted by atomic mass is 32.2. The smallest absolute Gasteiger partial charge is 0.269 e. The van der Waals surface area contributed by atoms with E-state index >= 15 is 0 Å². The minimum atomic E-state index is -1.35. The van der Waals surface area contributed by atoms with Gasteiger partial charge in [-0.1, -0.05) is 23.8 Å². The number of benzene rings is 3. The van der Waals surface area contributed by atoms with E-state index in [1.165, 1.54) is 45.8 Å². The van der Waals surface area contributed by atoms with Gasteiger partial charge in [0.25, 0.3) is 5.91 Å². The highest BCUT2D eigenvalue weighted by molar-refractivity contribution is 8.02. The molecule has 8 heteroatoms. The van der Waals surface area contributed by atoms with Gasteiger partial charge in [0.05, 0.1) is 11.4 Å². The van der Waals surface area contributed by atoms with Crippen LogP contribution >= 0.6 is 11.8 Å². The Morgan fingerprint density at radius 1 is 1.00 bits per heavy atom. The summed E-state index contributed by atoms with van der Waals surface area (Å²) in [6.45, 7) is 5.68. The molecule has 0 saturated carbocycles. The molecule has 3 amide bonds. The first-order valence-electron chi connectivity index (χ1n) is 11.2. The van der Waals surface area contributed by atoms with Crippen molar-refractivity contribution >= 4 is 46.5 Å². The van der Waals surface area contributed by atoms with E-state index in [0.29, 0.717) is 22.6 Å². The third-order valence-electron chi connectivity index (χ3n) is 6.49. The number of carbonyl (C=O) groups excluding carboxylic acids is 3. The largest absolute Gasteiger partial charge is 0.325 e. The SMILES string of the molecule is Cc1ccc2c(c1)C1(SCC(=O)N1c1ccc(F)cc1)C(=O)N2CC(=O)Nc1ccc(C)c(C)c1. The van der Waals surface area contributed by atoms with Crippen LogP contribution in [0.5, 0.6) is 0 Å². The summed E-state index contributed by atoms with van der Waals surface area (Å²) in [5, 5.41) is 2.87. The standard InChI is InChI=1S/C27H24FN3O3S/c1-16-4-11-23-22(12-16)27(31(25(33)15-35-27)21-9-6-19(28)7-10-21)26(34)30(23)14-24(32)29-20-8-5-17(2)18(3)13-20/h4-13H,14-15H2,1-3H3,(H,29,32). The number of fused-ring (bicyclic) bond motifs is 2. The number of nitrogens with zero attached hydrogens (tertiary/aromatic N) is 2. The van der Waals surface area contributed by atoms with Crippen molar-refractivity contribution in [2.45, 2.75) is 25.6 Å². The molecule has 1 saturated heterocycles. The van der Waals surface area contributed by atoms with Gasteiger partial charge in [0.1, 0.15) is 12.4 Å². The molecule has 0 radical (unpaired) electrons. The summed E-state index contributed by atoms with van der Waals surface area (Å²) < 4.78 is 13.6. The number of anilines is 3. The van der Waals surface area contributed by atoms with E-state index in [1.807, 2.05) is 57.2 Å². The Hall–Kier alpha value is -3.65. The van der Waals surface area contributed by atoms with E-state index in [-0.39, 0.29) is 30.0 Å². The maximum absolute atomic E-state index is 14.0. The zero-order valence-corrected chi connectivity index (χ0v) is 20.4. The van der Waals surface area contributed by atoms with Gasteiger partial charge in [-0.2, -0.15) is 0 Å². The number of halogens is 1. The van der Waals surface area contributed by atoms with E-state index in [9.17, 15) is 18.8 Å². The van der Waals surface area contributed by atoms with Gasteiger partial charge in [0.15, 0.2) is 0 Å². The number of amides is 3. The first kappa shape index (κ1) is 23.1. The molecule has 1 unspecified atom stereocenters. The van der Waals surface area contributed by atoms with E-state index in [4.69, 9.17) is 0 Å². The molecule has 2 aliphatic heterocycles. The lowest BCUT2D eigenvalue weighted by Crippen LogP contribution is -2.50. The molecular formula is C27H24FN3O3S. The molecule has 35 heavy (non-hydrogen) atoms. The van der Waals surface area contributed by atoms with Crippen molar-refractivity contribution in [2.75, 3.05) is 27.4 Å². The van der Waals surface area contributed by atoms with E-state index < -0.39 is 10.7 Å². The lowest BCUT2D eigenvalue weighted by atomic mass is 10.0. The van der Waals surface area contributed by atoms with Crippen LogP contribution in [0, 0.1) is 26.6 Å². The lowest BCUT2D eigenvalue weighted by molar-refractivity contribution is -0.124. The lowest BCUT2D eigenvalue weighted by Gasteiger charge is -2.33. The number of rotatable bonds is 4. The third kappa shape index (κ3) is 3.78. The molecule has 3 aromatic rings. The van der Waals surface area contributed by atoms with Gasteiger partial charge >= 0.3 is 0 Å². The van der Waals surface area contributed by atoms with E-state index in [2.05, 4.69) is 5.32 Å². The second-order valence-corrected chi connectivity index (χ2v) is 10.1. The summed E-state index contributed by atoms with van der Waals surface area (Å²) >= 11 is 1.23. The Balaban J connectivity index is 1.52. The third-order valence-corrected chi connectivity index (χ3v) is 7.88. The van der Waals surface area contributed by atoms with Gasteiger partial charge in [-0.25, -0.2) is 4.39 Å². The topological polar surface area (TPSA) is 69.7 Å². The molecular weight excluding hydrogens is 465 g/mol. The fraction of sp³-hybridized carbons (Fsp3) is 0.222. The Bertz CT molecular complexity index is 1370. The second kappa shape index (κ2) is 8.53. The maximum Gasteiger partial charge on any atom is 0.269 e. The minimum absolute atomic E-state index is 0.0964. The molecule has 1 N–H and O–H groups in total. The fourth-order valence-electron chi connectivity index (χ4n) is 4.63. The van der Waals surface area contributed by atoms with Crippen LogP contribution in [0.2, 0.25) is 0 Å². The summed E-state index contributed by atoms with van der Waals surface area (Å²) in [5.41, 5.74) is 5.43. The van der Waals surface area contributed by atoms with Gasteiger partial charge in [-0.3, -0.25) is 24.2 Å². The van der Waals surface area contributed by atoms with Crippen LogP contribution in [-0.4, -0.2) is 30.0 Å². The van der Waals surface area contributed by atoms with Crippen LogP contribution in [0.1, 0.15) is 22.3 Å². The Morgan fingerprint density at radius 2 is 1.74 bits per heavy atom. The predicted molar refractivity (Wildman–Crippen MR) is 136 cm³/mol. The first-order valence-corrected chi connectivity index (χ1v) is 12.2. The summed E-state index contributed by atoms with van der Waals surface area (Å²) in [6, 6.07) is 16.8. The number of aryl methyl sites for hydroxylation is 3. The van der Waals surface area contributed by atoms with Gasteiger partial charge in [0.2, 0.25) is 16.7 Å². The highest BCUT2D eigenvalue weighted by Crippen LogP contribution is 2.55. The summed E-state index contributed by atoms with van der Waals surface area (Å²) in [6.07, 6.45) is 0. The molecule has 3 aromatic carbocycles. The molecule has 6 nitrogen and oxygen atoms in total. The number of carbonyl (C=O) groups is 3. The molecule has 2 heterocycles. The van der Waals surface area contributed by atoms with Gasteiger partial charge in [-0.05, 0) is 74.4 Å². The van der Waals surface area contributed by atoms with Gasteiger partial charge < -0.3 is 5.32 Å². The zero-order chi connectivity index (χ0) is 24.9. The molecule has 5 rings (SSSR count). The Kier molecular flexibility index (Phi) is 5.63. The predicted octanol–water partition coefficient (Wildman–Crippen LogP) is 4.67. The second-order valence-electron chi connectivity index (χ2n) is 8.90. The maximum atomic E-state index is 14.0. The van der Waals surface area contributed by atoms with Crippen LogP contribution in [0.15, 0.2) is 60.7 Å². The summed E-state index contributed by atoms with van der Waals surface area (Å²) in [5.74, 6) is -1.29. The van der Waals surface area contributed by atoms with Crippen LogP contribution in [0.25, 0.3) is 0 Å². The van der Waals surface area contributed by atoms with E-state index in [0.717, 1.165) is 16.7 Å². The highest BCUT2D eigenvalue weighted by Gasteiger charge is 2.61. The summed E-state index contributed by atoms with van der Waals surface area (Å²) in [4.78, 5) is 41.6. The average Bonchev–Trinajstić information content (AvgIpc) is 3.28. The van der Waals surface area contributed by atoms with Crippen molar-refractivity contribution in [1.29, 1.82) is 0 Å². The van der Waals surface area contributed by atoms with Crippen molar-refractivity contribution in [2.24, 2.45) is 0 Å². The van der Waals surface area contributed by atoms with Crippen molar-refractivity contribution in [1.82, 2.24) is 0 Å². The van der Waals surface area contributed by atoms with Crippen molar-refractivity contribution in [3.63, 3.8) is 0 Å². The number of hydrogen-bond acceptors (Lipinski definition) is 4. The Morgan fingerprint density at radius 3 is 2.46 bits per heavy atom. The fourth-order valence-corrected chi connectivity index (χ4v) is 5.98. The van der Waals surface area contributed by atoms with Gasteiger partial charge in [0, 0.05) is 16.9 Å². The number of hydrogen-bond donors (Lipinski definition) is 1. The first-order chi connectivity index (χ1) is 16.7. The molecule has 0 bridgehead atoms. The molecule has 1 spiro atoms. The van der Waals surface area contributed by atoms with Crippen LogP contribution in [0.4, 0.5) is 21.5 Å². The van der Waals surface area contributed by atoms with Gasteiger partial charge in [-0.15, -0.1) is 11.8 Å². The van der Waals surface area contributed by atoms with Crippen molar-refractivity contribution < 1.29 is 18.8 Å². The molecule has 178 valence electrons. The quantitative estimate of drug-likeness (QED) is 0.578. The van der Waals surface area contributed by atoms with Crippen LogP contribution in [-0.2, 0) is 19.3 Å². The molecule has 1 atom stereocenters. The Labute approximate surface area is 207 Å². The van der Waals surface area contributed by atoms with Crippen LogP contribution < -0.4 is 15.1 Å². The molecule has 0 aromatic heterocycles. The molecule has 0 aliphatic carbocycles. The molecule has 2 aliphatic rings. The zero-order valence-electron chi connectivity index (χ0n) is 19.6. The van der Waals surface area contributed by atoms with Crippen LogP contribution in [0.3, 0.4) is 0 Å². The summed E-state index contributed by atoms with van der Waals surface area (Å²) in [7, 11) is 0. The normalized spacial score (nSPS) is 19.0. The number of nitrogens with one attached hydrogen (secondary N) is 1. The number of thioether (sulfide) groups is 1. The van der Waals surface area contributed by atoms with Crippen molar-refractivity contribution in [3.8, 4) is 0 Å².